The zero-order valence-corrected chi connectivity index (χ0v) is 24.0. The molecule has 3 aromatic rings. The zero-order valence-electron chi connectivity index (χ0n) is 24.0. The predicted molar refractivity (Wildman–Crippen MR) is 160 cm³/mol. The molecule has 1 aromatic heterocycles. The van der Waals surface area contributed by atoms with Gasteiger partial charge in [0.2, 0.25) is 17.7 Å². The van der Waals surface area contributed by atoms with Crippen LogP contribution in [-0.2, 0) is 32.0 Å². The summed E-state index contributed by atoms with van der Waals surface area (Å²) in [6.45, 7) is 1.70. The van der Waals surface area contributed by atoms with Crippen LogP contribution < -0.4 is 27.4 Å². The maximum atomic E-state index is 13.5. The van der Waals surface area contributed by atoms with Gasteiger partial charge in [-0.05, 0) is 62.1 Å². The lowest BCUT2D eigenvalue weighted by Crippen LogP contribution is -2.58. The number of rotatable bonds is 16. The molecule has 0 bridgehead atoms. The minimum absolute atomic E-state index is 0.00528. The normalized spacial score (nSPS) is 14.7. The smallest absolute Gasteiger partial charge is 0.326 e. The Morgan fingerprint density at radius 1 is 0.860 bits per heavy atom. The van der Waals surface area contributed by atoms with Gasteiger partial charge in [0, 0.05) is 29.9 Å². The van der Waals surface area contributed by atoms with Gasteiger partial charge in [-0.2, -0.15) is 0 Å². The molecular weight excluding hydrogens is 556 g/mol. The van der Waals surface area contributed by atoms with Crippen molar-refractivity contribution in [3.8, 4) is 5.75 Å². The van der Waals surface area contributed by atoms with Crippen LogP contribution in [0.5, 0.6) is 5.75 Å². The molecule has 11 N–H and O–H groups in total. The number of aromatic nitrogens is 1. The Balaban J connectivity index is 1.80. The molecule has 13 heteroatoms. The van der Waals surface area contributed by atoms with E-state index in [9.17, 15) is 34.5 Å². The van der Waals surface area contributed by atoms with Gasteiger partial charge in [0.25, 0.3) is 0 Å². The SMILES string of the molecule is CC(O)C(N)C(=O)NC(Cc1ccc(O)cc1)C(=O)NC(CCCCN)C(=O)NC(Cc1c[nH]c2ccccc12)C(=O)O. The van der Waals surface area contributed by atoms with E-state index < -0.39 is 54.0 Å². The topological polar surface area (TPSA) is 233 Å². The van der Waals surface area contributed by atoms with Gasteiger partial charge in [-0.1, -0.05) is 30.3 Å². The van der Waals surface area contributed by atoms with Crippen LogP contribution in [0, 0.1) is 0 Å². The van der Waals surface area contributed by atoms with Crippen molar-refractivity contribution in [1.82, 2.24) is 20.9 Å². The molecule has 232 valence electrons. The zero-order chi connectivity index (χ0) is 31.5. The van der Waals surface area contributed by atoms with Crippen LogP contribution in [0.2, 0.25) is 0 Å². The number of aromatic hydroxyl groups is 1. The van der Waals surface area contributed by atoms with E-state index in [4.69, 9.17) is 11.5 Å². The first-order chi connectivity index (χ1) is 20.5. The Morgan fingerprint density at radius 2 is 1.49 bits per heavy atom. The van der Waals surface area contributed by atoms with Gasteiger partial charge in [0.1, 0.15) is 29.9 Å². The molecular formula is C30H40N6O7. The number of fused-ring (bicyclic) bond motifs is 1. The van der Waals surface area contributed by atoms with Crippen molar-refractivity contribution in [2.75, 3.05) is 6.54 Å². The number of nitrogens with two attached hydrogens (primary N) is 2. The molecule has 0 radical (unpaired) electrons. The number of hydrogen-bond acceptors (Lipinski definition) is 8. The second-order valence-corrected chi connectivity index (χ2v) is 10.5. The molecule has 5 unspecified atom stereocenters. The highest BCUT2D eigenvalue weighted by atomic mass is 16.4. The standard InChI is InChI=1S/C30H40N6O7/c1-17(37)26(32)29(41)35-24(14-18-9-11-20(38)12-10-18)28(40)34-23(8-4-5-13-31)27(39)36-25(30(42)43)15-19-16-33-22-7-3-2-6-21(19)22/h2-3,6-7,9-12,16-17,23-26,33,37-38H,4-5,8,13-15,31-32H2,1H3,(H,34,40)(H,35,41)(H,36,39)(H,42,43). The summed E-state index contributed by atoms with van der Waals surface area (Å²) in [5.74, 6) is -3.41. The number of hydrogen-bond donors (Lipinski definition) is 9. The summed E-state index contributed by atoms with van der Waals surface area (Å²) in [4.78, 5) is 54.8. The molecule has 3 amide bonds. The molecule has 0 aliphatic rings. The second-order valence-electron chi connectivity index (χ2n) is 10.5. The van der Waals surface area contributed by atoms with Crippen LogP contribution in [-0.4, -0.2) is 80.8 Å². The Kier molecular flexibility index (Phi) is 12.0. The summed E-state index contributed by atoms with van der Waals surface area (Å²) in [6, 6.07) is 8.47. The molecule has 0 fully saturated rings. The predicted octanol–water partition coefficient (Wildman–Crippen LogP) is 0.0348. The van der Waals surface area contributed by atoms with Crippen molar-refractivity contribution >= 4 is 34.6 Å². The third-order valence-corrected chi connectivity index (χ3v) is 7.13. The molecule has 0 saturated heterocycles. The van der Waals surface area contributed by atoms with Gasteiger partial charge in [0.05, 0.1) is 6.10 Å². The first-order valence-corrected chi connectivity index (χ1v) is 14.1. The maximum Gasteiger partial charge on any atom is 0.326 e. The summed E-state index contributed by atoms with van der Waals surface area (Å²) >= 11 is 0. The fraction of sp³-hybridized carbons (Fsp3) is 0.400. The number of phenols is 1. The van der Waals surface area contributed by atoms with Crippen LogP contribution in [0.3, 0.4) is 0 Å². The highest BCUT2D eigenvalue weighted by molar-refractivity contribution is 5.94. The van der Waals surface area contributed by atoms with E-state index in [2.05, 4.69) is 20.9 Å². The molecule has 2 aromatic carbocycles. The number of carbonyl (C=O) groups is 4. The summed E-state index contributed by atoms with van der Waals surface area (Å²) in [5.41, 5.74) is 13.5. The molecule has 43 heavy (non-hydrogen) atoms. The monoisotopic (exact) mass is 596 g/mol. The number of para-hydroxylation sites is 1. The minimum atomic E-state index is -1.31. The molecule has 0 saturated carbocycles. The Labute approximate surface area is 249 Å². The number of aliphatic hydroxyl groups excluding tert-OH is 1. The van der Waals surface area contributed by atoms with E-state index in [0.717, 1.165) is 10.9 Å². The number of aromatic amines is 1. The van der Waals surface area contributed by atoms with E-state index >= 15 is 0 Å². The molecule has 1 heterocycles. The Hall–Kier alpha value is -4.46. The highest BCUT2D eigenvalue weighted by Crippen LogP contribution is 2.19. The number of nitrogens with one attached hydrogen (secondary N) is 4. The number of carbonyl (C=O) groups excluding carboxylic acids is 3. The molecule has 0 aliphatic carbocycles. The van der Waals surface area contributed by atoms with Crippen LogP contribution >= 0.6 is 0 Å². The molecule has 0 spiro atoms. The van der Waals surface area contributed by atoms with E-state index in [1.54, 1.807) is 18.3 Å². The number of aliphatic carboxylic acids is 1. The lowest BCUT2D eigenvalue weighted by atomic mass is 10.0. The molecule has 13 nitrogen and oxygen atoms in total. The molecule has 3 rings (SSSR count). The maximum absolute atomic E-state index is 13.5. The van der Waals surface area contributed by atoms with Crippen molar-refractivity contribution in [3.63, 3.8) is 0 Å². The number of benzene rings is 2. The second kappa shape index (κ2) is 15.7. The highest BCUT2D eigenvalue weighted by Gasteiger charge is 2.31. The third-order valence-electron chi connectivity index (χ3n) is 7.13. The Bertz CT molecular complexity index is 1390. The number of phenolic OH excluding ortho intramolecular Hbond substituents is 1. The van der Waals surface area contributed by atoms with Gasteiger partial charge in [-0.25, -0.2) is 4.79 Å². The first-order valence-electron chi connectivity index (χ1n) is 14.1. The van der Waals surface area contributed by atoms with E-state index in [0.29, 0.717) is 30.5 Å². The first kappa shape index (κ1) is 33.0. The lowest BCUT2D eigenvalue weighted by Gasteiger charge is -2.26. The summed E-state index contributed by atoms with van der Waals surface area (Å²) in [5, 5.41) is 37.9. The number of carboxylic acids is 1. The van der Waals surface area contributed by atoms with Gasteiger partial charge in [0.15, 0.2) is 0 Å². The van der Waals surface area contributed by atoms with E-state index in [1.807, 2.05) is 24.3 Å². The number of carboxylic acid groups (broad SMARTS) is 1. The summed E-state index contributed by atoms with van der Waals surface area (Å²) in [6.07, 6.45) is 1.71. The number of H-pyrrole nitrogens is 1. The fourth-order valence-corrected chi connectivity index (χ4v) is 4.59. The average molecular weight is 597 g/mol. The van der Waals surface area contributed by atoms with Crippen molar-refractivity contribution in [2.45, 2.75) is 69.3 Å². The number of aliphatic hydroxyl groups is 1. The van der Waals surface area contributed by atoms with Crippen molar-refractivity contribution in [1.29, 1.82) is 0 Å². The van der Waals surface area contributed by atoms with Gasteiger partial charge >= 0.3 is 5.97 Å². The van der Waals surface area contributed by atoms with E-state index in [-0.39, 0.29) is 25.0 Å². The van der Waals surface area contributed by atoms with Crippen molar-refractivity contribution < 1.29 is 34.5 Å². The fourth-order valence-electron chi connectivity index (χ4n) is 4.59. The van der Waals surface area contributed by atoms with Crippen molar-refractivity contribution in [2.24, 2.45) is 11.5 Å². The summed E-state index contributed by atoms with van der Waals surface area (Å²) < 4.78 is 0. The lowest BCUT2D eigenvalue weighted by molar-refractivity contribution is -0.142. The van der Waals surface area contributed by atoms with Crippen LogP contribution in [0.1, 0.15) is 37.3 Å². The Morgan fingerprint density at radius 3 is 2.14 bits per heavy atom. The number of amides is 3. The molecule has 0 aliphatic heterocycles. The van der Waals surface area contributed by atoms with Crippen LogP contribution in [0.25, 0.3) is 10.9 Å². The van der Waals surface area contributed by atoms with Gasteiger partial charge in [-0.15, -0.1) is 0 Å². The third kappa shape index (κ3) is 9.53. The van der Waals surface area contributed by atoms with Crippen molar-refractivity contribution in [3.05, 3.63) is 65.9 Å². The van der Waals surface area contributed by atoms with Gasteiger partial charge in [-0.3, -0.25) is 14.4 Å². The minimum Gasteiger partial charge on any atom is -0.508 e. The van der Waals surface area contributed by atoms with Crippen LogP contribution in [0.15, 0.2) is 54.7 Å². The largest absolute Gasteiger partial charge is 0.508 e. The van der Waals surface area contributed by atoms with E-state index in [1.165, 1.54) is 19.1 Å². The average Bonchev–Trinajstić information content (AvgIpc) is 3.39. The van der Waals surface area contributed by atoms with Gasteiger partial charge < -0.3 is 47.7 Å². The van der Waals surface area contributed by atoms with Crippen LogP contribution in [0.4, 0.5) is 0 Å². The molecule has 5 atom stereocenters. The number of unbranched alkanes of at least 4 members (excludes halogenated alkanes) is 1. The summed E-state index contributed by atoms with van der Waals surface area (Å²) in [7, 11) is 0. The quantitative estimate of drug-likeness (QED) is 0.101.